The number of benzene rings is 1. The summed E-state index contributed by atoms with van der Waals surface area (Å²) in [5, 5.41) is 12.6. The highest BCUT2D eigenvalue weighted by Crippen LogP contribution is 2.23. The van der Waals surface area contributed by atoms with Gasteiger partial charge in [-0.1, -0.05) is 42.5 Å². The van der Waals surface area contributed by atoms with Gasteiger partial charge < -0.3 is 20.1 Å². The van der Waals surface area contributed by atoms with E-state index in [2.05, 4.69) is 5.32 Å². The van der Waals surface area contributed by atoms with Crippen molar-refractivity contribution in [3.8, 4) is 0 Å². The fraction of sp³-hybridized carbons (Fsp3) is 0.607. The Hall–Kier alpha value is -2.67. The van der Waals surface area contributed by atoms with Crippen LogP contribution >= 0.6 is 0 Å². The molecule has 1 aromatic rings. The number of nitrogens with zero attached hydrogens (tertiary/aromatic N) is 1. The van der Waals surface area contributed by atoms with Crippen molar-refractivity contribution >= 4 is 17.8 Å². The van der Waals surface area contributed by atoms with Crippen molar-refractivity contribution in [1.82, 2.24) is 10.2 Å². The zero-order valence-corrected chi connectivity index (χ0v) is 21.1. The van der Waals surface area contributed by atoms with Crippen molar-refractivity contribution in [1.29, 1.82) is 0 Å². The first kappa shape index (κ1) is 26.9. The number of rotatable bonds is 5. The summed E-state index contributed by atoms with van der Waals surface area (Å²) in [6.07, 6.45) is 9.25. The quantitative estimate of drug-likeness (QED) is 0.493. The molecule has 0 spiro atoms. The molecule has 0 radical (unpaired) electrons. The number of allylic oxidation sites excluding steroid dienone is 2. The third-order valence-electron chi connectivity index (χ3n) is 6.91. The van der Waals surface area contributed by atoms with Gasteiger partial charge in [0, 0.05) is 13.0 Å². The lowest BCUT2D eigenvalue weighted by Gasteiger charge is -2.30. The van der Waals surface area contributed by atoms with Crippen molar-refractivity contribution in [2.24, 2.45) is 11.8 Å². The molecule has 2 aliphatic heterocycles. The maximum absolute atomic E-state index is 13.2. The number of esters is 1. The smallest absolute Gasteiger partial charge is 0.309 e. The van der Waals surface area contributed by atoms with Gasteiger partial charge in [0.15, 0.2) is 0 Å². The summed E-state index contributed by atoms with van der Waals surface area (Å²) in [6.45, 7) is 4.30. The van der Waals surface area contributed by atoms with Crippen LogP contribution in [0.3, 0.4) is 0 Å². The van der Waals surface area contributed by atoms with Crippen LogP contribution in [-0.2, 0) is 25.5 Å². The topological polar surface area (TPSA) is 95.9 Å². The lowest BCUT2D eigenvalue weighted by Crippen LogP contribution is -2.50. The maximum atomic E-state index is 13.2. The molecule has 3 atom stereocenters. The first-order valence-electron chi connectivity index (χ1n) is 12.9. The van der Waals surface area contributed by atoms with Crippen LogP contribution in [0, 0.1) is 11.8 Å². The number of cyclic esters (lactones) is 1. The number of carbonyl (C=O) groups is 3. The molecule has 1 saturated heterocycles. The molecule has 0 unspecified atom stereocenters. The molecule has 2 amide bonds. The average molecular weight is 485 g/mol. The Bertz CT molecular complexity index is 883. The summed E-state index contributed by atoms with van der Waals surface area (Å²) < 4.78 is 5.69. The molecule has 2 heterocycles. The molecular formula is C28H40N2O5. The van der Waals surface area contributed by atoms with Gasteiger partial charge in [0.2, 0.25) is 11.8 Å². The van der Waals surface area contributed by atoms with Gasteiger partial charge in [-0.3, -0.25) is 14.4 Å². The number of ether oxygens (including phenoxy) is 1. The largest absolute Gasteiger partial charge is 0.463 e. The molecular weight excluding hydrogens is 444 g/mol. The van der Waals surface area contributed by atoms with Crippen LogP contribution < -0.4 is 5.32 Å². The molecule has 2 N–H and O–H groups in total. The minimum absolute atomic E-state index is 0.0494. The number of aliphatic hydroxyl groups is 1. The van der Waals surface area contributed by atoms with E-state index >= 15 is 0 Å². The highest BCUT2D eigenvalue weighted by molar-refractivity contribution is 5.86. The number of hydrogen-bond acceptors (Lipinski definition) is 5. The van der Waals surface area contributed by atoms with Crippen LogP contribution in [-0.4, -0.2) is 59.1 Å². The molecule has 7 heteroatoms. The van der Waals surface area contributed by atoms with E-state index in [1.54, 1.807) is 4.90 Å². The van der Waals surface area contributed by atoms with Gasteiger partial charge in [0.25, 0.3) is 0 Å². The van der Waals surface area contributed by atoms with Crippen LogP contribution in [0.25, 0.3) is 0 Å². The number of hydrogen-bond donors (Lipinski definition) is 2. The Balaban J connectivity index is 1.68. The van der Waals surface area contributed by atoms with Gasteiger partial charge in [-0.15, -0.1) is 0 Å². The third-order valence-corrected chi connectivity index (χ3v) is 6.91. The SMILES string of the molecule is CC1(C)COC(=O)[C@@H](Cc2ccccc2)CCCC=CC[C@H](CC(=O)N2CCC[C@H]2CO)C(=O)N1. The van der Waals surface area contributed by atoms with Gasteiger partial charge in [0.05, 0.1) is 30.0 Å². The highest BCUT2D eigenvalue weighted by Gasteiger charge is 2.33. The van der Waals surface area contributed by atoms with Crippen LogP contribution in [0.15, 0.2) is 42.5 Å². The van der Waals surface area contributed by atoms with Gasteiger partial charge >= 0.3 is 5.97 Å². The molecule has 3 rings (SSSR count). The van der Waals surface area contributed by atoms with E-state index in [-0.39, 0.29) is 49.4 Å². The van der Waals surface area contributed by atoms with Gasteiger partial charge in [-0.05, 0) is 64.4 Å². The Morgan fingerprint density at radius 2 is 1.89 bits per heavy atom. The van der Waals surface area contributed by atoms with E-state index in [0.29, 0.717) is 19.4 Å². The van der Waals surface area contributed by atoms with Gasteiger partial charge in [-0.2, -0.15) is 0 Å². The van der Waals surface area contributed by atoms with Crippen LogP contribution in [0.4, 0.5) is 0 Å². The summed E-state index contributed by atoms with van der Waals surface area (Å²) >= 11 is 0. The first-order chi connectivity index (χ1) is 16.8. The minimum atomic E-state index is -0.763. The van der Waals surface area contributed by atoms with Crippen LogP contribution in [0.5, 0.6) is 0 Å². The Kier molecular flexibility index (Phi) is 9.90. The van der Waals surface area contributed by atoms with Crippen LogP contribution in [0.1, 0.15) is 64.4 Å². The summed E-state index contributed by atoms with van der Waals surface area (Å²) in [5.74, 6) is -1.30. The molecule has 0 bridgehead atoms. The molecule has 0 aromatic heterocycles. The molecule has 2 aliphatic rings. The predicted octanol–water partition coefficient (Wildman–Crippen LogP) is 3.40. The number of amides is 2. The van der Waals surface area contributed by atoms with Gasteiger partial charge in [0.1, 0.15) is 6.61 Å². The van der Waals surface area contributed by atoms with Crippen molar-refractivity contribution in [3.63, 3.8) is 0 Å². The Morgan fingerprint density at radius 3 is 2.63 bits per heavy atom. The molecule has 7 nitrogen and oxygen atoms in total. The lowest BCUT2D eigenvalue weighted by molar-refractivity contribution is -0.151. The molecule has 35 heavy (non-hydrogen) atoms. The third kappa shape index (κ3) is 8.20. The molecule has 192 valence electrons. The molecule has 0 saturated carbocycles. The maximum Gasteiger partial charge on any atom is 0.309 e. The predicted molar refractivity (Wildman–Crippen MR) is 134 cm³/mol. The first-order valence-corrected chi connectivity index (χ1v) is 12.9. The Labute approximate surface area is 208 Å². The summed E-state index contributed by atoms with van der Waals surface area (Å²) in [4.78, 5) is 40.8. The normalized spacial score (nSPS) is 26.0. The summed E-state index contributed by atoms with van der Waals surface area (Å²) in [7, 11) is 0. The fourth-order valence-electron chi connectivity index (χ4n) is 4.87. The van der Waals surface area contributed by atoms with E-state index in [9.17, 15) is 19.5 Å². The van der Waals surface area contributed by atoms with Crippen molar-refractivity contribution in [2.45, 2.75) is 76.8 Å². The summed E-state index contributed by atoms with van der Waals surface area (Å²) in [6, 6.07) is 9.80. The van der Waals surface area contributed by atoms with Crippen molar-refractivity contribution in [2.75, 3.05) is 19.8 Å². The van der Waals surface area contributed by atoms with E-state index in [1.807, 2.05) is 56.3 Å². The number of nitrogens with one attached hydrogen (secondary N) is 1. The number of aliphatic hydroxyl groups excluding tert-OH is 1. The molecule has 1 fully saturated rings. The van der Waals surface area contributed by atoms with Crippen molar-refractivity contribution < 1.29 is 24.2 Å². The second-order valence-electron chi connectivity index (χ2n) is 10.5. The monoisotopic (exact) mass is 484 g/mol. The minimum Gasteiger partial charge on any atom is -0.463 e. The zero-order chi connectivity index (χ0) is 25.3. The van der Waals surface area contributed by atoms with E-state index < -0.39 is 11.5 Å². The number of likely N-dealkylation sites (tertiary alicyclic amines) is 1. The second kappa shape index (κ2) is 12.9. The van der Waals surface area contributed by atoms with Crippen LogP contribution in [0.2, 0.25) is 0 Å². The van der Waals surface area contributed by atoms with E-state index in [4.69, 9.17) is 4.74 Å². The summed E-state index contributed by atoms with van der Waals surface area (Å²) in [5.41, 5.74) is 0.341. The molecule has 1 aromatic carbocycles. The van der Waals surface area contributed by atoms with Crippen molar-refractivity contribution in [3.05, 3.63) is 48.0 Å². The second-order valence-corrected chi connectivity index (χ2v) is 10.5. The zero-order valence-electron chi connectivity index (χ0n) is 21.1. The fourth-order valence-corrected chi connectivity index (χ4v) is 4.87. The highest BCUT2D eigenvalue weighted by atomic mass is 16.5. The average Bonchev–Trinajstić information content (AvgIpc) is 3.32. The van der Waals surface area contributed by atoms with Gasteiger partial charge in [-0.25, -0.2) is 0 Å². The number of carbonyl (C=O) groups excluding carboxylic acids is 3. The standard InChI is InChI=1S/C28H40N2O5/c1-28(2)20-35-27(34)23(17-21-11-6-5-7-12-21)14-9-4-3-8-13-22(26(33)29-28)18-25(32)30-16-10-15-24(30)19-31/h3,5-8,11-12,22-24,31H,4,9-10,13-20H2,1-2H3,(H,29,33)/t22-,23-,24+/m1/s1. The van der Waals surface area contributed by atoms with E-state index in [0.717, 1.165) is 37.7 Å². The lowest BCUT2D eigenvalue weighted by atomic mass is 9.93. The van der Waals surface area contributed by atoms with E-state index in [1.165, 1.54) is 0 Å². The molecule has 0 aliphatic carbocycles. The Morgan fingerprint density at radius 1 is 1.11 bits per heavy atom.